The maximum atomic E-state index is 13.1. The van der Waals surface area contributed by atoms with Gasteiger partial charge in [-0.2, -0.15) is 12.6 Å². The molecule has 3 amide bonds. The summed E-state index contributed by atoms with van der Waals surface area (Å²) in [5.41, 5.74) is 6.83. The predicted octanol–water partition coefficient (Wildman–Crippen LogP) is -0.552. The van der Waals surface area contributed by atoms with Gasteiger partial charge in [-0.25, -0.2) is 4.79 Å². The number of aliphatic carboxylic acids is 2. The van der Waals surface area contributed by atoms with Crippen molar-refractivity contribution in [1.82, 2.24) is 16.0 Å². The van der Waals surface area contributed by atoms with E-state index in [1.165, 1.54) is 24.3 Å². The molecule has 4 atom stereocenters. The van der Waals surface area contributed by atoms with Crippen LogP contribution in [-0.2, 0) is 36.8 Å². The minimum Gasteiger partial charge on any atom is -0.508 e. The molecule has 0 heterocycles. The van der Waals surface area contributed by atoms with E-state index in [-0.39, 0.29) is 24.3 Å². The van der Waals surface area contributed by atoms with Gasteiger partial charge in [-0.15, -0.1) is 0 Å². The van der Waals surface area contributed by atoms with Gasteiger partial charge >= 0.3 is 11.9 Å². The zero-order chi connectivity index (χ0) is 28.2. The summed E-state index contributed by atoms with van der Waals surface area (Å²) in [6.07, 6.45) is -0.737. The number of aromatic hydroxyl groups is 1. The smallest absolute Gasteiger partial charge is 0.326 e. The molecule has 4 unspecified atom stereocenters. The van der Waals surface area contributed by atoms with Crippen molar-refractivity contribution in [1.29, 1.82) is 0 Å². The van der Waals surface area contributed by atoms with Gasteiger partial charge in [-0.1, -0.05) is 42.5 Å². The van der Waals surface area contributed by atoms with Crippen LogP contribution in [0.4, 0.5) is 0 Å². The van der Waals surface area contributed by atoms with E-state index in [4.69, 9.17) is 10.8 Å². The highest BCUT2D eigenvalue weighted by atomic mass is 32.1. The first-order chi connectivity index (χ1) is 18.0. The third-order valence-electron chi connectivity index (χ3n) is 5.45. The lowest BCUT2D eigenvalue weighted by atomic mass is 10.0. The molecule has 0 radical (unpaired) electrons. The first-order valence-corrected chi connectivity index (χ1v) is 12.2. The van der Waals surface area contributed by atoms with Crippen LogP contribution < -0.4 is 21.7 Å². The average molecular weight is 547 g/mol. The lowest BCUT2D eigenvalue weighted by Crippen LogP contribution is -2.58. The van der Waals surface area contributed by atoms with Crippen LogP contribution in [0.5, 0.6) is 5.75 Å². The molecule has 0 fully saturated rings. The zero-order valence-corrected chi connectivity index (χ0v) is 21.1. The number of benzene rings is 2. The van der Waals surface area contributed by atoms with Gasteiger partial charge in [0.05, 0.1) is 12.5 Å². The summed E-state index contributed by atoms with van der Waals surface area (Å²) in [5, 5.41) is 35.2. The van der Waals surface area contributed by atoms with Crippen LogP contribution in [-0.4, -0.2) is 74.9 Å². The number of nitrogens with two attached hydrogens (primary N) is 1. The first kappa shape index (κ1) is 30.1. The second kappa shape index (κ2) is 14.6. The van der Waals surface area contributed by atoms with E-state index in [9.17, 15) is 34.2 Å². The lowest BCUT2D eigenvalue weighted by molar-refractivity contribution is -0.142. The molecule has 0 saturated carbocycles. The van der Waals surface area contributed by atoms with Crippen LogP contribution in [0.25, 0.3) is 0 Å². The third kappa shape index (κ3) is 9.75. The Balaban J connectivity index is 2.15. The van der Waals surface area contributed by atoms with Crippen LogP contribution in [0.1, 0.15) is 17.5 Å². The molecular weight excluding hydrogens is 516 g/mol. The Morgan fingerprint density at radius 3 is 1.79 bits per heavy atom. The Hall–Kier alpha value is -4.10. The highest BCUT2D eigenvalue weighted by Gasteiger charge is 2.30. The van der Waals surface area contributed by atoms with Crippen molar-refractivity contribution in [3.63, 3.8) is 0 Å². The standard InChI is InChI=1S/C25H30N4O8S/c26-17(12-21(31)32)22(33)27-18(10-15-6-8-16(30)9-7-15)23(34)29-20(13-38)24(35)28-19(25(36)37)11-14-4-2-1-3-5-14/h1-9,17-20,30,38H,10-13,26H2,(H,27,33)(H,28,35)(H,29,34)(H,31,32)(H,36,37). The molecule has 8 N–H and O–H groups in total. The molecular formula is C25H30N4O8S. The highest BCUT2D eigenvalue weighted by molar-refractivity contribution is 7.80. The summed E-state index contributed by atoms with van der Waals surface area (Å²) < 4.78 is 0. The van der Waals surface area contributed by atoms with E-state index in [1.807, 2.05) is 0 Å². The number of thiol groups is 1. The van der Waals surface area contributed by atoms with Crippen LogP contribution in [0.3, 0.4) is 0 Å². The number of rotatable bonds is 14. The number of amides is 3. The van der Waals surface area contributed by atoms with Gasteiger partial charge in [0.2, 0.25) is 17.7 Å². The number of carboxylic acids is 2. The Kier molecular flexibility index (Phi) is 11.6. The first-order valence-electron chi connectivity index (χ1n) is 11.5. The average Bonchev–Trinajstić information content (AvgIpc) is 2.87. The summed E-state index contributed by atoms with van der Waals surface area (Å²) in [4.78, 5) is 61.0. The SMILES string of the molecule is NC(CC(=O)O)C(=O)NC(Cc1ccc(O)cc1)C(=O)NC(CS)C(=O)NC(Cc1ccccc1)C(=O)O. The van der Waals surface area contributed by atoms with Crippen LogP contribution in [0.2, 0.25) is 0 Å². The number of carboxylic acid groups (broad SMARTS) is 2. The number of phenols is 1. The fourth-order valence-corrected chi connectivity index (χ4v) is 3.68. The topological polar surface area (TPSA) is 208 Å². The summed E-state index contributed by atoms with van der Waals surface area (Å²) in [6.45, 7) is 0. The maximum absolute atomic E-state index is 13.1. The summed E-state index contributed by atoms with van der Waals surface area (Å²) >= 11 is 4.10. The number of phenolic OH excluding ortho intramolecular Hbond substituents is 1. The van der Waals surface area contributed by atoms with Crippen molar-refractivity contribution in [2.45, 2.75) is 43.4 Å². The molecule has 0 saturated heterocycles. The molecule has 13 heteroatoms. The summed E-state index contributed by atoms with van der Waals surface area (Å²) in [7, 11) is 0. The van der Waals surface area contributed by atoms with E-state index in [0.717, 1.165) is 0 Å². The molecule has 0 aliphatic carbocycles. The van der Waals surface area contributed by atoms with E-state index in [1.54, 1.807) is 30.3 Å². The molecule has 0 aliphatic rings. The second-order valence-corrected chi connectivity index (χ2v) is 8.83. The predicted molar refractivity (Wildman–Crippen MR) is 139 cm³/mol. The third-order valence-corrected chi connectivity index (χ3v) is 5.82. The van der Waals surface area contributed by atoms with E-state index in [0.29, 0.717) is 11.1 Å². The van der Waals surface area contributed by atoms with Crippen molar-refractivity contribution in [3.05, 3.63) is 65.7 Å². The van der Waals surface area contributed by atoms with Gasteiger partial charge in [0.1, 0.15) is 23.9 Å². The number of carbonyl (C=O) groups excluding carboxylic acids is 3. The maximum Gasteiger partial charge on any atom is 0.326 e. The molecule has 38 heavy (non-hydrogen) atoms. The minimum absolute atomic E-state index is 0.0101. The molecule has 2 rings (SSSR count). The Labute approximate surface area is 224 Å². The van der Waals surface area contributed by atoms with Gasteiger partial charge in [0, 0.05) is 18.6 Å². The van der Waals surface area contributed by atoms with Crippen LogP contribution in [0.15, 0.2) is 54.6 Å². The van der Waals surface area contributed by atoms with Crippen LogP contribution in [0, 0.1) is 0 Å². The number of hydrogen-bond acceptors (Lipinski definition) is 8. The molecule has 204 valence electrons. The Morgan fingerprint density at radius 1 is 0.737 bits per heavy atom. The Morgan fingerprint density at radius 2 is 1.24 bits per heavy atom. The molecule has 0 aromatic heterocycles. The van der Waals surface area contributed by atoms with Crippen LogP contribution >= 0.6 is 12.6 Å². The summed E-state index contributed by atoms with van der Waals surface area (Å²) in [5.74, 6) is -5.27. The second-order valence-electron chi connectivity index (χ2n) is 8.47. The monoisotopic (exact) mass is 546 g/mol. The van der Waals surface area contributed by atoms with Gasteiger partial charge in [-0.3, -0.25) is 19.2 Å². The molecule has 12 nitrogen and oxygen atoms in total. The zero-order valence-electron chi connectivity index (χ0n) is 20.2. The van der Waals surface area contributed by atoms with Crippen molar-refractivity contribution < 1.29 is 39.3 Å². The lowest BCUT2D eigenvalue weighted by Gasteiger charge is -2.24. The quantitative estimate of drug-likeness (QED) is 0.143. The van der Waals surface area contributed by atoms with Gasteiger partial charge in [0.15, 0.2) is 0 Å². The molecule has 0 aliphatic heterocycles. The normalized spacial score (nSPS) is 13.8. The summed E-state index contributed by atoms with van der Waals surface area (Å²) in [6, 6.07) is 9.23. The highest BCUT2D eigenvalue weighted by Crippen LogP contribution is 2.12. The molecule has 0 bridgehead atoms. The largest absolute Gasteiger partial charge is 0.508 e. The number of hydrogen-bond donors (Lipinski definition) is 8. The van der Waals surface area contributed by atoms with Crippen molar-refractivity contribution in [2.75, 3.05) is 5.75 Å². The molecule has 2 aromatic rings. The number of nitrogens with one attached hydrogen (secondary N) is 3. The fourth-order valence-electron chi connectivity index (χ4n) is 3.43. The van der Waals surface area contributed by atoms with Gasteiger partial charge in [-0.05, 0) is 23.3 Å². The number of carbonyl (C=O) groups is 5. The van der Waals surface area contributed by atoms with E-state index >= 15 is 0 Å². The minimum atomic E-state index is -1.43. The van der Waals surface area contributed by atoms with Crippen molar-refractivity contribution in [2.24, 2.45) is 5.73 Å². The molecule has 0 spiro atoms. The van der Waals surface area contributed by atoms with E-state index in [2.05, 4.69) is 28.6 Å². The fraction of sp³-hybridized carbons (Fsp3) is 0.320. The van der Waals surface area contributed by atoms with E-state index < -0.39 is 60.2 Å². The van der Waals surface area contributed by atoms with Crippen molar-refractivity contribution >= 4 is 42.3 Å². The van der Waals surface area contributed by atoms with Gasteiger partial charge < -0.3 is 37.0 Å². The molecule has 2 aromatic carbocycles. The van der Waals surface area contributed by atoms with Gasteiger partial charge in [0.25, 0.3) is 0 Å². The van der Waals surface area contributed by atoms with Crippen molar-refractivity contribution in [3.8, 4) is 5.75 Å². The Bertz CT molecular complexity index is 1130.